The van der Waals surface area contributed by atoms with Gasteiger partial charge in [-0.3, -0.25) is 19.2 Å². The first-order valence-corrected chi connectivity index (χ1v) is 14.5. The lowest BCUT2D eigenvalue weighted by Crippen LogP contribution is -2.57. The number of Topliss-reactive ketones (excluding diaryl/α,β-unsaturated/α-hetero) is 1. The molecule has 1 heterocycles. The first-order valence-electron chi connectivity index (χ1n) is 13.4. The van der Waals surface area contributed by atoms with E-state index in [2.05, 4.69) is 26.4 Å². The number of carbonyl (C=O) groups is 4. The second-order valence-corrected chi connectivity index (χ2v) is 11.0. The average molecular weight is 639 g/mol. The number of likely N-dealkylation sites (N-methyl/N-ethyl adjacent to an activating group) is 1. The van der Waals surface area contributed by atoms with Gasteiger partial charge >= 0.3 is 17.7 Å². The van der Waals surface area contributed by atoms with Crippen molar-refractivity contribution in [1.29, 1.82) is 0 Å². The maximum Gasteiger partial charge on any atom is 0.360 e. The lowest BCUT2D eigenvalue weighted by Gasteiger charge is -2.34. The number of amides is 2. The van der Waals surface area contributed by atoms with Gasteiger partial charge in [-0.1, -0.05) is 83.5 Å². The lowest BCUT2D eigenvalue weighted by molar-refractivity contribution is -0.197. The van der Waals surface area contributed by atoms with Crippen molar-refractivity contribution in [3.8, 4) is 5.75 Å². The van der Waals surface area contributed by atoms with E-state index in [1.807, 2.05) is 44.2 Å². The third-order valence-corrected chi connectivity index (χ3v) is 7.61. The fourth-order valence-electron chi connectivity index (χ4n) is 4.82. The van der Waals surface area contributed by atoms with Gasteiger partial charge in [0.2, 0.25) is 0 Å². The summed E-state index contributed by atoms with van der Waals surface area (Å²) in [6.45, 7) is 3.80. The summed E-state index contributed by atoms with van der Waals surface area (Å²) in [6, 6.07) is 19.7. The number of benzene rings is 3. The first kappa shape index (κ1) is 30.7. The number of halogens is 1. The molecule has 42 heavy (non-hydrogen) atoms. The number of carboxylic acid groups (broad SMARTS) is 1. The van der Waals surface area contributed by atoms with Crippen LogP contribution in [0.5, 0.6) is 5.75 Å². The number of fused-ring (bicyclic) bond motifs is 1. The predicted octanol–water partition coefficient (Wildman–Crippen LogP) is 4.41. The number of ether oxygens (including phenoxy) is 1. The molecule has 0 aromatic heterocycles. The van der Waals surface area contributed by atoms with E-state index in [-0.39, 0.29) is 23.6 Å². The van der Waals surface area contributed by atoms with E-state index in [1.165, 1.54) is 7.05 Å². The van der Waals surface area contributed by atoms with Crippen LogP contribution in [-0.4, -0.2) is 69.5 Å². The molecule has 0 bridgehead atoms. The van der Waals surface area contributed by atoms with Crippen LogP contribution in [0.2, 0.25) is 0 Å². The molecule has 0 aliphatic carbocycles. The Morgan fingerprint density at radius 2 is 1.71 bits per heavy atom. The summed E-state index contributed by atoms with van der Waals surface area (Å²) in [4.78, 5) is 58.2. The molecule has 3 aromatic carbocycles. The Morgan fingerprint density at radius 1 is 1.05 bits per heavy atom. The van der Waals surface area contributed by atoms with Gasteiger partial charge in [0.15, 0.2) is 5.78 Å². The maximum atomic E-state index is 14.0. The molecule has 0 spiro atoms. The van der Waals surface area contributed by atoms with Crippen LogP contribution < -0.4 is 10.1 Å². The number of nitrogens with one attached hydrogen (secondary N) is 1. The molecule has 3 atom stereocenters. The van der Waals surface area contributed by atoms with Gasteiger partial charge in [0.05, 0.1) is 29.9 Å². The standard InChI is InChI=1S/C31H32BrN3O7/c1-19(2)28(33-29(39)22-14-13-20-9-7-8-10-21(20)15-22)24-17-31(42-34-24,41-23-11-5-4-6-12-23)30(40)35(3)25(16-27(37)38)26(36)18-32/h4-15,19,25,28H,16-18H2,1-3H3,(H,33,39)(H,37,38)/t25-,28-,31?/m0/s1. The van der Waals surface area contributed by atoms with E-state index in [0.29, 0.717) is 17.0 Å². The van der Waals surface area contributed by atoms with Crippen LogP contribution in [0.3, 0.4) is 0 Å². The smallest absolute Gasteiger partial charge is 0.360 e. The Bertz CT molecular complexity index is 1510. The van der Waals surface area contributed by atoms with Gasteiger partial charge in [-0.2, -0.15) is 0 Å². The number of carbonyl (C=O) groups excluding carboxylic acids is 3. The summed E-state index contributed by atoms with van der Waals surface area (Å²) in [5.74, 6) is -4.72. The van der Waals surface area contributed by atoms with Crippen molar-refractivity contribution >= 4 is 56.0 Å². The van der Waals surface area contributed by atoms with E-state index in [9.17, 15) is 24.3 Å². The number of carboxylic acids is 1. The fraction of sp³-hybridized carbons (Fsp3) is 0.323. The zero-order chi connectivity index (χ0) is 30.4. The zero-order valence-corrected chi connectivity index (χ0v) is 25.0. The largest absolute Gasteiger partial charge is 0.481 e. The highest BCUT2D eigenvalue weighted by Crippen LogP contribution is 2.33. The summed E-state index contributed by atoms with van der Waals surface area (Å²) in [6.07, 6.45) is -0.771. The van der Waals surface area contributed by atoms with E-state index in [1.54, 1.807) is 42.5 Å². The van der Waals surface area contributed by atoms with Gasteiger partial charge in [0.1, 0.15) is 11.8 Å². The monoisotopic (exact) mass is 637 g/mol. The molecule has 1 aliphatic rings. The first-order chi connectivity index (χ1) is 20.0. The minimum atomic E-state index is -2.03. The van der Waals surface area contributed by atoms with Gasteiger partial charge in [-0.15, -0.1) is 0 Å². The quantitative estimate of drug-likeness (QED) is 0.281. The molecule has 0 saturated heterocycles. The van der Waals surface area contributed by atoms with Crippen molar-refractivity contribution in [3.63, 3.8) is 0 Å². The molecule has 3 aromatic rings. The van der Waals surface area contributed by atoms with Gasteiger partial charge in [-0.05, 0) is 41.0 Å². The number of hydrogen-bond donors (Lipinski definition) is 2. The SMILES string of the molecule is CC(C)[C@H](NC(=O)c1ccc2ccccc2c1)C1=NOC(Oc2ccccc2)(C(=O)N(C)[C@@H](CC(=O)O)C(=O)CBr)C1. The average Bonchev–Trinajstić information content (AvgIpc) is 3.41. The normalized spacial score (nSPS) is 17.6. The highest BCUT2D eigenvalue weighted by Gasteiger charge is 2.54. The van der Waals surface area contributed by atoms with Crippen LogP contribution in [0.1, 0.15) is 37.0 Å². The molecule has 220 valence electrons. The van der Waals surface area contributed by atoms with Crippen molar-refractivity contribution < 1.29 is 33.9 Å². The number of aliphatic carboxylic acids is 1. The minimum Gasteiger partial charge on any atom is -0.481 e. The fourth-order valence-corrected chi connectivity index (χ4v) is 5.19. The number of nitrogens with zero attached hydrogens (tertiary/aromatic N) is 2. The molecule has 2 N–H and O–H groups in total. The van der Waals surface area contributed by atoms with Crippen molar-refractivity contribution in [2.75, 3.05) is 12.4 Å². The summed E-state index contributed by atoms with van der Waals surface area (Å²) in [7, 11) is 1.33. The molecule has 2 amide bonds. The summed E-state index contributed by atoms with van der Waals surface area (Å²) in [5, 5.41) is 18.4. The third kappa shape index (κ3) is 6.79. The Morgan fingerprint density at radius 3 is 2.36 bits per heavy atom. The zero-order valence-electron chi connectivity index (χ0n) is 23.5. The van der Waals surface area contributed by atoms with E-state index >= 15 is 0 Å². The number of ketones is 1. The van der Waals surface area contributed by atoms with Gasteiger partial charge in [0.25, 0.3) is 5.91 Å². The van der Waals surface area contributed by atoms with Crippen molar-refractivity contribution in [3.05, 3.63) is 78.4 Å². The number of rotatable bonds is 12. The Labute approximate surface area is 251 Å². The Balaban J connectivity index is 1.62. The van der Waals surface area contributed by atoms with Gasteiger partial charge < -0.3 is 24.9 Å². The molecule has 1 unspecified atom stereocenters. The lowest BCUT2D eigenvalue weighted by atomic mass is 9.93. The van der Waals surface area contributed by atoms with Crippen LogP contribution in [-0.2, 0) is 19.2 Å². The summed E-state index contributed by atoms with van der Waals surface area (Å²) >= 11 is 3.07. The van der Waals surface area contributed by atoms with Crippen LogP contribution in [0.25, 0.3) is 10.8 Å². The highest BCUT2D eigenvalue weighted by molar-refractivity contribution is 9.09. The Kier molecular flexibility index (Phi) is 9.62. The summed E-state index contributed by atoms with van der Waals surface area (Å²) in [5.41, 5.74) is 0.824. The van der Waals surface area contributed by atoms with E-state index in [0.717, 1.165) is 15.7 Å². The molecule has 11 heteroatoms. The third-order valence-electron chi connectivity index (χ3n) is 7.06. The molecule has 10 nitrogen and oxygen atoms in total. The molecule has 1 aliphatic heterocycles. The molecule has 0 radical (unpaired) electrons. The van der Waals surface area contributed by atoms with Crippen molar-refractivity contribution in [2.45, 2.75) is 44.6 Å². The molecular weight excluding hydrogens is 606 g/mol. The van der Waals surface area contributed by atoms with Crippen molar-refractivity contribution in [1.82, 2.24) is 10.2 Å². The van der Waals surface area contributed by atoms with Gasteiger partial charge in [-0.25, -0.2) is 0 Å². The number of alkyl halides is 1. The number of hydrogen-bond acceptors (Lipinski definition) is 7. The van der Waals surface area contributed by atoms with Crippen molar-refractivity contribution in [2.24, 2.45) is 11.1 Å². The highest BCUT2D eigenvalue weighted by atomic mass is 79.9. The van der Waals surface area contributed by atoms with Crippen LogP contribution >= 0.6 is 15.9 Å². The second kappa shape index (κ2) is 13.2. The van der Waals surface area contributed by atoms with E-state index in [4.69, 9.17) is 9.57 Å². The molecule has 4 rings (SSSR count). The Hall–Kier alpha value is -4.25. The second-order valence-electron chi connectivity index (χ2n) is 10.4. The summed E-state index contributed by atoms with van der Waals surface area (Å²) < 4.78 is 6.10. The molecule has 0 saturated carbocycles. The number of para-hydroxylation sites is 1. The van der Waals surface area contributed by atoms with Crippen LogP contribution in [0.4, 0.5) is 0 Å². The van der Waals surface area contributed by atoms with E-state index < -0.39 is 42.0 Å². The topological polar surface area (TPSA) is 135 Å². The number of oxime groups is 1. The maximum absolute atomic E-state index is 14.0. The van der Waals surface area contributed by atoms with Crippen LogP contribution in [0, 0.1) is 5.92 Å². The minimum absolute atomic E-state index is 0.145. The molecule has 0 fully saturated rings. The molecular formula is C31H32BrN3O7. The van der Waals surface area contributed by atoms with Gasteiger partial charge in [0, 0.05) is 12.6 Å². The predicted molar refractivity (Wildman–Crippen MR) is 161 cm³/mol. The van der Waals surface area contributed by atoms with Crippen LogP contribution in [0.15, 0.2) is 78.0 Å².